The molecule has 0 bridgehead atoms. The molecule has 0 saturated heterocycles. The van der Waals surface area contributed by atoms with Gasteiger partial charge < -0.3 is 4.42 Å². The number of halogens is 1. The molecule has 5 heteroatoms. The van der Waals surface area contributed by atoms with Gasteiger partial charge >= 0.3 is 0 Å². The van der Waals surface area contributed by atoms with Gasteiger partial charge in [-0.25, -0.2) is 19.3 Å². The summed E-state index contributed by atoms with van der Waals surface area (Å²) in [5, 5.41) is 6.56. The average Bonchev–Trinajstić information content (AvgIpc) is 3.73. The first-order valence-corrected chi connectivity index (χ1v) is 22.8. The van der Waals surface area contributed by atoms with Gasteiger partial charge in [0.05, 0.1) is 0 Å². The summed E-state index contributed by atoms with van der Waals surface area (Å²) in [5.74, 6) is 1.48. The van der Waals surface area contributed by atoms with Crippen LogP contribution in [0.3, 0.4) is 0 Å². The zero-order chi connectivity index (χ0) is 44.7. The summed E-state index contributed by atoms with van der Waals surface area (Å²) >= 11 is 0. The van der Waals surface area contributed by atoms with Crippen molar-refractivity contribution in [3.63, 3.8) is 0 Å². The Labute approximate surface area is 383 Å². The number of rotatable bonds is 6. The molecule has 9 aromatic carbocycles. The van der Waals surface area contributed by atoms with Gasteiger partial charge in [0.15, 0.2) is 17.5 Å². The Morgan fingerprint density at radius 1 is 0.394 bits per heavy atom. The lowest BCUT2D eigenvalue weighted by Gasteiger charge is -2.42. The number of aromatic nitrogens is 3. The van der Waals surface area contributed by atoms with Gasteiger partial charge in [0.25, 0.3) is 0 Å². The maximum absolute atomic E-state index is 13.8. The number of para-hydroxylation sites is 1. The minimum absolute atomic E-state index is 0.0791. The van der Waals surface area contributed by atoms with Gasteiger partial charge in [-0.2, -0.15) is 0 Å². The fourth-order valence-corrected chi connectivity index (χ4v) is 10.3. The normalized spacial score (nSPS) is 14.3. The molecule has 2 heterocycles. The molecule has 0 aliphatic heterocycles. The first-order valence-electron chi connectivity index (χ1n) is 22.8. The van der Waals surface area contributed by atoms with Crippen molar-refractivity contribution in [3.8, 4) is 67.5 Å². The van der Waals surface area contributed by atoms with Crippen molar-refractivity contribution in [1.82, 2.24) is 15.0 Å². The van der Waals surface area contributed by atoms with Crippen LogP contribution in [0.15, 0.2) is 186 Å². The summed E-state index contributed by atoms with van der Waals surface area (Å²) in [5.41, 5.74) is 13.9. The van der Waals surface area contributed by atoms with Crippen molar-refractivity contribution < 1.29 is 8.81 Å². The van der Waals surface area contributed by atoms with E-state index < -0.39 is 0 Å². The molecule has 0 atom stereocenters. The lowest BCUT2D eigenvalue weighted by molar-refractivity contribution is 0.332. The van der Waals surface area contributed by atoms with Crippen molar-refractivity contribution in [3.05, 3.63) is 199 Å². The highest BCUT2D eigenvalue weighted by Gasteiger charge is 2.37. The van der Waals surface area contributed by atoms with Crippen LogP contribution in [-0.4, -0.2) is 15.0 Å². The zero-order valence-corrected chi connectivity index (χ0v) is 37.4. The molecular formula is C61H46FN3O. The summed E-state index contributed by atoms with van der Waals surface area (Å²) < 4.78 is 20.5. The van der Waals surface area contributed by atoms with E-state index in [1.807, 2.05) is 30.3 Å². The van der Waals surface area contributed by atoms with E-state index in [-0.39, 0.29) is 16.6 Å². The third-order valence-electron chi connectivity index (χ3n) is 14.1. The van der Waals surface area contributed by atoms with Gasteiger partial charge in [0.2, 0.25) is 0 Å². The maximum Gasteiger partial charge on any atom is 0.164 e. The maximum atomic E-state index is 13.8. The van der Waals surface area contributed by atoms with Crippen LogP contribution < -0.4 is 0 Å². The topological polar surface area (TPSA) is 51.8 Å². The van der Waals surface area contributed by atoms with Crippen molar-refractivity contribution in [2.75, 3.05) is 0 Å². The minimum atomic E-state index is -0.259. The van der Waals surface area contributed by atoms with E-state index >= 15 is 0 Å². The minimum Gasteiger partial charge on any atom is -0.456 e. The molecule has 0 saturated carbocycles. The molecule has 0 fully saturated rings. The average molecular weight is 856 g/mol. The number of fused-ring (bicyclic) bond motifs is 6. The summed E-state index contributed by atoms with van der Waals surface area (Å²) in [6, 6.07) is 62.4. The molecule has 318 valence electrons. The predicted molar refractivity (Wildman–Crippen MR) is 270 cm³/mol. The molecule has 0 unspecified atom stereocenters. The number of benzene rings is 9. The Morgan fingerprint density at radius 3 is 1.71 bits per heavy atom. The van der Waals surface area contributed by atoms with E-state index in [0.717, 1.165) is 94.4 Å². The molecule has 12 rings (SSSR count). The third kappa shape index (κ3) is 6.77. The van der Waals surface area contributed by atoms with E-state index in [2.05, 4.69) is 155 Å². The molecule has 0 spiro atoms. The standard InChI is InChI=1S/C61H46FN3O/c1-60(2)31-32-61(3,4)53-35-42(25-30-52(53)60)44-34-51(56-50-15-9-10-16-54(50)66-55(56)36-44)48-28-29-49(47-14-8-7-13-46(47)48)59-64-57(40-20-17-38(18-21-40)39-23-26-45(62)27-24-39)63-58(65-59)43-22-19-37-11-5-6-12-41(37)33-43/h5-30,33-36H,31-32H2,1-4H3. The fraction of sp³-hybridized carbons (Fsp3) is 0.131. The second-order valence-corrected chi connectivity index (χ2v) is 19.2. The van der Waals surface area contributed by atoms with Crippen LogP contribution in [-0.2, 0) is 10.8 Å². The Kier molecular flexibility index (Phi) is 9.15. The van der Waals surface area contributed by atoms with Gasteiger partial charge in [-0.05, 0) is 132 Å². The molecule has 66 heavy (non-hydrogen) atoms. The lowest BCUT2D eigenvalue weighted by atomic mass is 9.63. The summed E-state index contributed by atoms with van der Waals surface area (Å²) in [6.45, 7) is 9.53. The molecule has 11 aromatic rings. The van der Waals surface area contributed by atoms with Gasteiger partial charge in [-0.1, -0.05) is 167 Å². The molecule has 1 aliphatic rings. The largest absolute Gasteiger partial charge is 0.456 e. The van der Waals surface area contributed by atoms with Crippen LogP contribution >= 0.6 is 0 Å². The highest BCUT2D eigenvalue weighted by Crippen LogP contribution is 2.48. The van der Waals surface area contributed by atoms with Crippen LogP contribution in [0.4, 0.5) is 4.39 Å². The lowest BCUT2D eigenvalue weighted by Crippen LogP contribution is -2.33. The Bertz CT molecular complexity index is 3710. The predicted octanol–water partition coefficient (Wildman–Crippen LogP) is 16.6. The van der Waals surface area contributed by atoms with Crippen molar-refractivity contribution >= 4 is 43.5 Å². The van der Waals surface area contributed by atoms with Crippen molar-refractivity contribution in [2.45, 2.75) is 51.4 Å². The van der Waals surface area contributed by atoms with E-state index in [9.17, 15) is 4.39 Å². The fourth-order valence-electron chi connectivity index (χ4n) is 10.3. The van der Waals surface area contributed by atoms with Crippen LogP contribution in [0.2, 0.25) is 0 Å². The molecule has 0 radical (unpaired) electrons. The number of hydrogen-bond acceptors (Lipinski definition) is 4. The van der Waals surface area contributed by atoms with Gasteiger partial charge in [0.1, 0.15) is 17.0 Å². The Balaban J connectivity index is 1.04. The smallest absolute Gasteiger partial charge is 0.164 e. The second kappa shape index (κ2) is 15.2. The number of furan rings is 1. The van der Waals surface area contributed by atoms with Gasteiger partial charge in [0, 0.05) is 27.5 Å². The van der Waals surface area contributed by atoms with Crippen LogP contribution in [0.5, 0.6) is 0 Å². The molecule has 0 N–H and O–H groups in total. The highest BCUT2D eigenvalue weighted by atomic mass is 19.1. The quantitative estimate of drug-likeness (QED) is 0.167. The molecule has 1 aliphatic carbocycles. The van der Waals surface area contributed by atoms with E-state index in [1.54, 1.807) is 12.1 Å². The van der Waals surface area contributed by atoms with Crippen molar-refractivity contribution in [1.29, 1.82) is 0 Å². The third-order valence-corrected chi connectivity index (χ3v) is 14.1. The molecular weight excluding hydrogens is 810 g/mol. The number of hydrogen-bond donors (Lipinski definition) is 0. The summed E-state index contributed by atoms with van der Waals surface area (Å²) in [6.07, 6.45) is 2.33. The van der Waals surface area contributed by atoms with Crippen LogP contribution in [0.25, 0.3) is 111 Å². The zero-order valence-electron chi connectivity index (χ0n) is 37.4. The number of nitrogens with zero attached hydrogens (tertiary/aromatic N) is 3. The molecule has 0 amide bonds. The van der Waals surface area contributed by atoms with Crippen molar-refractivity contribution in [2.24, 2.45) is 0 Å². The SMILES string of the molecule is CC1(C)CCC(C)(C)c2cc(-c3cc(-c4ccc(-c5nc(-c6ccc(-c7ccc(F)cc7)cc6)nc(-c6ccc7ccccc7c6)n5)c5ccccc45)c4c(c3)oc3ccccc34)ccc21. The summed E-state index contributed by atoms with van der Waals surface area (Å²) in [4.78, 5) is 15.6. The second-order valence-electron chi connectivity index (χ2n) is 19.2. The van der Waals surface area contributed by atoms with Gasteiger partial charge in [-0.3, -0.25) is 0 Å². The van der Waals surface area contributed by atoms with E-state index in [1.165, 1.54) is 35.2 Å². The Hall–Kier alpha value is -7.76. The first kappa shape index (κ1) is 39.8. The highest BCUT2D eigenvalue weighted by molar-refractivity contribution is 6.17. The van der Waals surface area contributed by atoms with Gasteiger partial charge in [-0.15, -0.1) is 0 Å². The Morgan fingerprint density at radius 2 is 0.955 bits per heavy atom. The monoisotopic (exact) mass is 855 g/mol. The summed E-state index contributed by atoms with van der Waals surface area (Å²) in [7, 11) is 0. The molecule has 4 nitrogen and oxygen atoms in total. The van der Waals surface area contributed by atoms with E-state index in [0.29, 0.717) is 17.5 Å². The molecule has 2 aromatic heterocycles. The van der Waals surface area contributed by atoms with Crippen LogP contribution in [0, 0.1) is 5.82 Å². The van der Waals surface area contributed by atoms with Crippen LogP contribution in [0.1, 0.15) is 51.7 Å². The van der Waals surface area contributed by atoms with E-state index in [4.69, 9.17) is 19.4 Å². The first-order chi connectivity index (χ1) is 32.1.